The molecule has 0 radical (unpaired) electrons. The van der Waals surface area contributed by atoms with E-state index in [1.165, 1.54) is 18.6 Å². The number of nitrogens with zero attached hydrogens (tertiary/aromatic N) is 3. The minimum atomic E-state index is -4.56. The smallest absolute Gasteiger partial charge is 0.305 e. The molecule has 0 unspecified atom stereocenters. The molecule has 0 saturated carbocycles. The zero-order valence-electron chi connectivity index (χ0n) is 13.3. The quantitative estimate of drug-likeness (QED) is 0.648. The first-order valence-corrected chi connectivity index (χ1v) is 8.12. The molecule has 0 spiro atoms. The van der Waals surface area contributed by atoms with E-state index in [1.54, 1.807) is 12.1 Å². The van der Waals surface area contributed by atoms with Crippen molar-refractivity contribution in [3.63, 3.8) is 0 Å². The number of rotatable bonds is 3. The molecule has 3 rings (SSSR count). The van der Waals surface area contributed by atoms with Crippen LogP contribution in [0.25, 0.3) is 11.1 Å². The molecule has 3 heterocycles. The molecule has 0 atom stereocenters. The molecule has 3 aromatic rings. The first-order chi connectivity index (χ1) is 12.8. The Morgan fingerprint density at radius 1 is 1.04 bits per heavy atom. The topological polar surface area (TPSA) is 67.8 Å². The van der Waals surface area contributed by atoms with Gasteiger partial charge in [0.2, 0.25) is 0 Å². The van der Waals surface area contributed by atoms with Gasteiger partial charge in [-0.25, -0.2) is 4.98 Å². The van der Waals surface area contributed by atoms with Crippen molar-refractivity contribution in [3.05, 3.63) is 70.4 Å². The number of aromatic nitrogens is 3. The maximum absolute atomic E-state index is 12.8. The summed E-state index contributed by atoms with van der Waals surface area (Å²) in [7, 11) is 0. The number of hydrogen-bond acceptors (Lipinski definition) is 4. The van der Waals surface area contributed by atoms with Gasteiger partial charge in [-0.3, -0.25) is 14.8 Å². The third kappa shape index (κ3) is 4.17. The summed E-state index contributed by atoms with van der Waals surface area (Å²) in [5.41, 5.74) is -0.371. The highest BCUT2D eigenvalue weighted by atomic mass is 35.5. The average molecular weight is 413 g/mol. The molecule has 0 bridgehead atoms. The molecule has 5 nitrogen and oxygen atoms in total. The van der Waals surface area contributed by atoms with Crippen molar-refractivity contribution >= 4 is 34.9 Å². The van der Waals surface area contributed by atoms with Crippen molar-refractivity contribution in [1.29, 1.82) is 0 Å². The van der Waals surface area contributed by atoms with Gasteiger partial charge in [0.05, 0.1) is 15.6 Å². The lowest BCUT2D eigenvalue weighted by Gasteiger charge is -2.12. The molecule has 10 heteroatoms. The SMILES string of the molecule is O=C(Nc1cc(C(F)(F)F)ccn1)c1ncccc1-c1c(Cl)cncc1Cl. The first-order valence-electron chi connectivity index (χ1n) is 7.36. The minimum absolute atomic E-state index is 0.0771. The normalized spacial score (nSPS) is 11.3. The van der Waals surface area contributed by atoms with Crippen LogP contribution in [0.2, 0.25) is 10.0 Å². The van der Waals surface area contributed by atoms with Crippen LogP contribution in [0.4, 0.5) is 19.0 Å². The number of halogens is 5. The Labute approximate surface area is 161 Å². The van der Waals surface area contributed by atoms with Crippen LogP contribution >= 0.6 is 23.2 Å². The lowest BCUT2D eigenvalue weighted by Crippen LogP contribution is -2.17. The zero-order chi connectivity index (χ0) is 19.6. The molecule has 1 N–H and O–H groups in total. The fraction of sp³-hybridized carbons (Fsp3) is 0.0588. The molecular formula is C17H9Cl2F3N4O. The van der Waals surface area contributed by atoms with Crippen molar-refractivity contribution in [3.8, 4) is 11.1 Å². The number of hydrogen-bond donors (Lipinski definition) is 1. The van der Waals surface area contributed by atoms with Crippen molar-refractivity contribution in [1.82, 2.24) is 15.0 Å². The van der Waals surface area contributed by atoms with Crippen LogP contribution in [0.5, 0.6) is 0 Å². The molecule has 0 aromatic carbocycles. The molecule has 138 valence electrons. The Balaban J connectivity index is 1.98. The highest BCUT2D eigenvalue weighted by Crippen LogP contribution is 2.35. The fourth-order valence-electron chi connectivity index (χ4n) is 2.31. The Morgan fingerprint density at radius 2 is 1.74 bits per heavy atom. The maximum Gasteiger partial charge on any atom is 0.416 e. The number of carbonyl (C=O) groups excluding carboxylic acids is 1. The van der Waals surface area contributed by atoms with E-state index in [9.17, 15) is 18.0 Å². The molecule has 1 amide bonds. The molecule has 0 aliphatic rings. The van der Waals surface area contributed by atoms with Crippen molar-refractivity contribution in [2.45, 2.75) is 6.18 Å². The molecule has 3 aromatic heterocycles. The maximum atomic E-state index is 12.8. The van der Waals surface area contributed by atoms with Gasteiger partial charge in [-0.1, -0.05) is 29.3 Å². The summed E-state index contributed by atoms with van der Waals surface area (Å²) < 4.78 is 38.4. The van der Waals surface area contributed by atoms with Crippen LogP contribution in [0.15, 0.2) is 49.1 Å². The molecular weight excluding hydrogens is 404 g/mol. The van der Waals surface area contributed by atoms with E-state index in [4.69, 9.17) is 23.2 Å². The van der Waals surface area contributed by atoms with Gasteiger partial charge in [0.25, 0.3) is 5.91 Å². The first kappa shape index (κ1) is 19.1. The molecule has 0 fully saturated rings. The summed E-state index contributed by atoms with van der Waals surface area (Å²) >= 11 is 12.3. The number of carbonyl (C=O) groups is 1. The summed E-state index contributed by atoms with van der Waals surface area (Å²) in [5.74, 6) is -1.03. The van der Waals surface area contributed by atoms with E-state index in [0.717, 1.165) is 18.3 Å². The van der Waals surface area contributed by atoms with E-state index in [1.807, 2.05) is 0 Å². The Hall–Kier alpha value is -2.71. The highest BCUT2D eigenvalue weighted by molar-refractivity contribution is 6.39. The van der Waals surface area contributed by atoms with Crippen LogP contribution in [0.3, 0.4) is 0 Å². The number of alkyl halides is 3. The summed E-state index contributed by atoms with van der Waals surface area (Å²) in [4.78, 5) is 24.2. The summed E-state index contributed by atoms with van der Waals surface area (Å²) in [6.07, 6.45) is 0.462. The molecule has 0 aliphatic carbocycles. The van der Waals surface area contributed by atoms with E-state index in [2.05, 4.69) is 20.3 Å². The van der Waals surface area contributed by atoms with Gasteiger partial charge in [-0.2, -0.15) is 13.2 Å². The van der Waals surface area contributed by atoms with Crippen molar-refractivity contribution in [2.24, 2.45) is 0 Å². The van der Waals surface area contributed by atoms with Gasteiger partial charge >= 0.3 is 6.18 Å². The third-order valence-corrected chi connectivity index (χ3v) is 4.05. The second-order valence-electron chi connectivity index (χ2n) is 5.26. The monoisotopic (exact) mass is 412 g/mol. The van der Waals surface area contributed by atoms with Gasteiger partial charge < -0.3 is 5.32 Å². The number of anilines is 1. The average Bonchev–Trinajstić information content (AvgIpc) is 2.61. The van der Waals surface area contributed by atoms with Crippen LogP contribution < -0.4 is 5.32 Å². The summed E-state index contributed by atoms with van der Waals surface area (Å²) in [6.45, 7) is 0. The van der Waals surface area contributed by atoms with Gasteiger partial charge in [0.15, 0.2) is 0 Å². The van der Waals surface area contributed by atoms with Crippen LogP contribution in [0, 0.1) is 0 Å². The van der Waals surface area contributed by atoms with Gasteiger partial charge in [0, 0.05) is 35.9 Å². The minimum Gasteiger partial charge on any atom is -0.305 e. The summed E-state index contributed by atoms with van der Waals surface area (Å²) in [5, 5.41) is 2.70. The lowest BCUT2D eigenvalue weighted by molar-refractivity contribution is -0.137. The highest BCUT2D eigenvalue weighted by Gasteiger charge is 2.31. The van der Waals surface area contributed by atoms with Crippen LogP contribution in [-0.4, -0.2) is 20.9 Å². The molecule has 27 heavy (non-hydrogen) atoms. The van der Waals surface area contributed by atoms with Crippen LogP contribution in [-0.2, 0) is 6.18 Å². The predicted octanol–water partition coefficient (Wildman–Crippen LogP) is 5.12. The third-order valence-electron chi connectivity index (χ3n) is 3.47. The van der Waals surface area contributed by atoms with E-state index in [-0.39, 0.29) is 21.6 Å². The second kappa shape index (κ2) is 7.50. The van der Waals surface area contributed by atoms with Gasteiger partial charge in [-0.15, -0.1) is 0 Å². The van der Waals surface area contributed by atoms with E-state index in [0.29, 0.717) is 11.1 Å². The standard InChI is InChI=1S/C17H9Cl2F3N4O/c18-11-7-23-8-12(19)14(11)10-2-1-4-25-15(10)16(27)26-13-6-9(3-5-24-13)17(20,21)22/h1-8H,(H,24,26,27). The molecule has 0 aliphatic heterocycles. The Bertz CT molecular complexity index is 991. The van der Waals surface area contributed by atoms with Gasteiger partial charge in [0.1, 0.15) is 11.5 Å². The largest absolute Gasteiger partial charge is 0.416 e. The van der Waals surface area contributed by atoms with E-state index >= 15 is 0 Å². The molecule has 0 saturated heterocycles. The summed E-state index contributed by atoms with van der Waals surface area (Å²) in [6, 6.07) is 4.67. The Kier molecular flexibility index (Phi) is 5.29. The fourth-order valence-corrected chi connectivity index (χ4v) is 2.88. The van der Waals surface area contributed by atoms with Gasteiger partial charge in [-0.05, 0) is 18.2 Å². The zero-order valence-corrected chi connectivity index (χ0v) is 14.8. The van der Waals surface area contributed by atoms with E-state index < -0.39 is 17.6 Å². The Morgan fingerprint density at radius 3 is 2.41 bits per heavy atom. The predicted molar refractivity (Wildman–Crippen MR) is 94.7 cm³/mol. The second-order valence-corrected chi connectivity index (χ2v) is 6.07. The lowest BCUT2D eigenvalue weighted by atomic mass is 10.0. The number of nitrogens with one attached hydrogen (secondary N) is 1. The van der Waals surface area contributed by atoms with Crippen molar-refractivity contribution < 1.29 is 18.0 Å². The van der Waals surface area contributed by atoms with Crippen molar-refractivity contribution in [2.75, 3.05) is 5.32 Å². The number of amides is 1. The van der Waals surface area contributed by atoms with Crippen LogP contribution in [0.1, 0.15) is 16.1 Å². The number of pyridine rings is 3.